The molecule has 1 aromatic rings. The van der Waals surface area contributed by atoms with Gasteiger partial charge in [-0.2, -0.15) is 0 Å². The zero-order valence-corrected chi connectivity index (χ0v) is 12.9. The molecule has 1 saturated heterocycles. The second-order valence-corrected chi connectivity index (χ2v) is 6.18. The molecule has 2 heteroatoms. The molecule has 0 aromatic heterocycles. The van der Waals surface area contributed by atoms with Crippen molar-refractivity contribution in [3.8, 4) is 0 Å². The molecule has 0 amide bonds. The van der Waals surface area contributed by atoms with Crippen molar-refractivity contribution in [2.45, 2.75) is 58.4 Å². The number of nitrogens with zero attached hydrogens (tertiary/aromatic N) is 1. The molecule has 1 aliphatic heterocycles. The summed E-state index contributed by atoms with van der Waals surface area (Å²) in [4.78, 5) is 14.0. The van der Waals surface area contributed by atoms with Crippen molar-refractivity contribution in [1.82, 2.24) is 4.90 Å². The Morgan fingerprint density at radius 3 is 2.90 bits per heavy atom. The van der Waals surface area contributed by atoms with Crippen LogP contribution in [-0.2, 0) is 11.2 Å². The zero-order valence-electron chi connectivity index (χ0n) is 12.9. The molecular weight excluding hydrogens is 246 g/mol. The van der Waals surface area contributed by atoms with Crippen molar-refractivity contribution in [3.63, 3.8) is 0 Å². The first-order valence-electron chi connectivity index (χ1n) is 7.94. The van der Waals surface area contributed by atoms with Crippen LogP contribution in [0.25, 0.3) is 0 Å². The molecule has 1 aliphatic rings. The fraction of sp³-hybridized carbons (Fsp3) is 0.611. The molecule has 1 aromatic carbocycles. The third kappa shape index (κ3) is 4.75. The van der Waals surface area contributed by atoms with Gasteiger partial charge in [-0.1, -0.05) is 42.7 Å². The van der Waals surface area contributed by atoms with Crippen LogP contribution < -0.4 is 0 Å². The Labute approximate surface area is 123 Å². The second-order valence-electron chi connectivity index (χ2n) is 6.18. The summed E-state index contributed by atoms with van der Waals surface area (Å²) in [7, 11) is 0. The predicted molar refractivity (Wildman–Crippen MR) is 84.0 cm³/mol. The zero-order chi connectivity index (χ0) is 14.4. The summed E-state index contributed by atoms with van der Waals surface area (Å²) in [5.41, 5.74) is 2.74. The highest BCUT2D eigenvalue weighted by atomic mass is 16.1. The lowest BCUT2D eigenvalue weighted by Crippen LogP contribution is -2.37. The largest absolute Gasteiger partial charge is 0.300 e. The third-order valence-corrected chi connectivity index (χ3v) is 4.29. The SMILES string of the molecule is CC(=O)CC1CCCCCN1CCc1cccc(C)c1. The minimum atomic E-state index is 0.331. The van der Waals surface area contributed by atoms with Crippen LogP contribution in [0.3, 0.4) is 0 Å². The standard InChI is InChI=1S/C18H27NO/c1-15-7-6-8-17(13-15)10-12-19-11-5-3-4-9-18(19)14-16(2)20/h6-8,13,18H,3-5,9-12,14H2,1-2H3. The molecule has 0 bridgehead atoms. The van der Waals surface area contributed by atoms with Gasteiger partial charge in [0.2, 0.25) is 0 Å². The lowest BCUT2D eigenvalue weighted by molar-refractivity contribution is -0.118. The highest BCUT2D eigenvalue weighted by molar-refractivity contribution is 5.76. The summed E-state index contributed by atoms with van der Waals surface area (Å²) < 4.78 is 0. The Balaban J connectivity index is 1.94. The van der Waals surface area contributed by atoms with E-state index in [-0.39, 0.29) is 0 Å². The maximum absolute atomic E-state index is 11.5. The predicted octanol–water partition coefficient (Wildman–Crippen LogP) is 3.76. The van der Waals surface area contributed by atoms with Crippen LogP contribution >= 0.6 is 0 Å². The molecular formula is C18H27NO. The van der Waals surface area contributed by atoms with Gasteiger partial charge in [0.05, 0.1) is 0 Å². The molecule has 1 heterocycles. The van der Waals surface area contributed by atoms with E-state index in [2.05, 4.69) is 36.1 Å². The van der Waals surface area contributed by atoms with Crippen molar-refractivity contribution in [3.05, 3.63) is 35.4 Å². The molecule has 1 atom stereocenters. The number of likely N-dealkylation sites (tertiary alicyclic amines) is 1. The molecule has 2 nitrogen and oxygen atoms in total. The van der Waals surface area contributed by atoms with E-state index in [1.807, 2.05) is 0 Å². The van der Waals surface area contributed by atoms with Crippen LogP contribution in [0.5, 0.6) is 0 Å². The van der Waals surface area contributed by atoms with E-state index >= 15 is 0 Å². The van der Waals surface area contributed by atoms with Crippen LogP contribution in [-0.4, -0.2) is 29.8 Å². The number of rotatable bonds is 5. The number of ketones is 1. The average molecular weight is 273 g/mol. The molecule has 0 radical (unpaired) electrons. The number of carbonyl (C=O) groups is 1. The van der Waals surface area contributed by atoms with E-state index in [1.54, 1.807) is 6.92 Å². The molecule has 1 fully saturated rings. The molecule has 110 valence electrons. The minimum Gasteiger partial charge on any atom is -0.300 e. The maximum atomic E-state index is 11.5. The van der Waals surface area contributed by atoms with Gasteiger partial charge in [0.15, 0.2) is 0 Å². The van der Waals surface area contributed by atoms with E-state index in [9.17, 15) is 4.79 Å². The summed E-state index contributed by atoms with van der Waals surface area (Å²) in [6.07, 6.45) is 6.88. The van der Waals surface area contributed by atoms with Crippen LogP contribution in [0.1, 0.15) is 50.2 Å². The number of hydrogen-bond acceptors (Lipinski definition) is 2. The van der Waals surface area contributed by atoms with Gasteiger partial charge in [0.25, 0.3) is 0 Å². The van der Waals surface area contributed by atoms with Gasteiger partial charge in [-0.05, 0) is 45.2 Å². The monoisotopic (exact) mass is 273 g/mol. The normalized spacial score (nSPS) is 20.6. The fourth-order valence-corrected chi connectivity index (χ4v) is 3.23. The summed E-state index contributed by atoms with van der Waals surface area (Å²) in [6.45, 7) is 6.11. The molecule has 0 spiro atoms. The fourth-order valence-electron chi connectivity index (χ4n) is 3.23. The number of carbonyl (C=O) groups excluding carboxylic acids is 1. The molecule has 1 unspecified atom stereocenters. The topological polar surface area (TPSA) is 20.3 Å². The van der Waals surface area contributed by atoms with Crippen molar-refractivity contribution in [2.24, 2.45) is 0 Å². The first kappa shape index (κ1) is 15.2. The van der Waals surface area contributed by atoms with Gasteiger partial charge in [0, 0.05) is 19.0 Å². The molecule has 2 rings (SSSR count). The summed E-state index contributed by atoms with van der Waals surface area (Å²) in [5.74, 6) is 0.331. The highest BCUT2D eigenvalue weighted by Gasteiger charge is 2.21. The van der Waals surface area contributed by atoms with E-state index < -0.39 is 0 Å². The van der Waals surface area contributed by atoms with E-state index in [0.717, 1.165) is 25.9 Å². The molecule has 20 heavy (non-hydrogen) atoms. The number of benzene rings is 1. The first-order chi connectivity index (χ1) is 9.65. The van der Waals surface area contributed by atoms with Crippen molar-refractivity contribution >= 4 is 5.78 Å². The lowest BCUT2D eigenvalue weighted by Gasteiger charge is -2.29. The van der Waals surface area contributed by atoms with Crippen molar-refractivity contribution in [1.29, 1.82) is 0 Å². The molecule has 0 aliphatic carbocycles. The highest BCUT2D eigenvalue weighted by Crippen LogP contribution is 2.20. The second kappa shape index (κ2) is 7.58. The van der Waals surface area contributed by atoms with Crippen LogP contribution in [0, 0.1) is 6.92 Å². The Hall–Kier alpha value is -1.15. The maximum Gasteiger partial charge on any atom is 0.131 e. The van der Waals surface area contributed by atoms with Gasteiger partial charge in [-0.15, -0.1) is 0 Å². The summed E-state index contributed by atoms with van der Waals surface area (Å²) in [6, 6.07) is 9.25. The Kier molecular flexibility index (Phi) is 5.78. The van der Waals surface area contributed by atoms with Crippen LogP contribution in [0.15, 0.2) is 24.3 Å². The van der Waals surface area contributed by atoms with Crippen LogP contribution in [0.2, 0.25) is 0 Å². The van der Waals surface area contributed by atoms with Gasteiger partial charge in [-0.25, -0.2) is 0 Å². The Morgan fingerprint density at radius 2 is 2.15 bits per heavy atom. The number of hydrogen-bond donors (Lipinski definition) is 0. The Bertz CT molecular complexity index is 441. The average Bonchev–Trinajstić information content (AvgIpc) is 2.61. The van der Waals surface area contributed by atoms with Crippen molar-refractivity contribution < 1.29 is 4.79 Å². The quantitative estimate of drug-likeness (QED) is 0.814. The number of aryl methyl sites for hydroxylation is 1. The van der Waals surface area contributed by atoms with Gasteiger partial charge >= 0.3 is 0 Å². The molecule has 0 N–H and O–H groups in total. The Morgan fingerprint density at radius 1 is 1.30 bits per heavy atom. The number of Topliss-reactive ketones (excluding diaryl/α,β-unsaturated/α-hetero) is 1. The van der Waals surface area contributed by atoms with E-state index in [0.29, 0.717) is 11.8 Å². The third-order valence-electron chi connectivity index (χ3n) is 4.29. The molecule has 0 saturated carbocycles. The summed E-state index contributed by atoms with van der Waals surface area (Å²) >= 11 is 0. The van der Waals surface area contributed by atoms with E-state index in [4.69, 9.17) is 0 Å². The summed E-state index contributed by atoms with van der Waals surface area (Å²) in [5, 5.41) is 0. The van der Waals surface area contributed by atoms with E-state index in [1.165, 1.54) is 36.8 Å². The smallest absolute Gasteiger partial charge is 0.131 e. The van der Waals surface area contributed by atoms with Crippen LogP contribution in [0.4, 0.5) is 0 Å². The van der Waals surface area contributed by atoms with Gasteiger partial charge < -0.3 is 0 Å². The van der Waals surface area contributed by atoms with Crippen molar-refractivity contribution in [2.75, 3.05) is 13.1 Å². The lowest BCUT2D eigenvalue weighted by atomic mass is 10.0. The minimum absolute atomic E-state index is 0.331. The van der Waals surface area contributed by atoms with Gasteiger partial charge in [-0.3, -0.25) is 9.69 Å². The van der Waals surface area contributed by atoms with Gasteiger partial charge in [0.1, 0.15) is 5.78 Å². The first-order valence-corrected chi connectivity index (χ1v) is 7.94.